The van der Waals surface area contributed by atoms with Crippen LogP contribution in [-0.4, -0.2) is 42.1 Å². The highest BCUT2D eigenvalue weighted by atomic mass is 16.6. The van der Waals surface area contributed by atoms with Crippen LogP contribution in [0.15, 0.2) is 0 Å². The van der Waals surface area contributed by atoms with Crippen LogP contribution in [0.1, 0.15) is 174 Å². The van der Waals surface area contributed by atoms with Gasteiger partial charge in [-0.3, -0.25) is 10.0 Å². The van der Waals surface area contributed by atoms with E-state index < -0.39 is 6.09 Å². The fraction of sp³-hybridized carbons (Fsp3) is 0.938. The third-order valence-corrected chi connectivity index (χ3v) is 7.22. The standard InChI is InChI=1S/C32H63NO5/c1-3-5-7-9-11-13-15-16-17-18-20-22-24-26-30-38-32(35)33(36)28-27-31(34)37-29-25-23-21-19-14-12-10-8-6-4-2/h36H,3-30H2,1-2H3. The Morgan fingerprint density at radius 2 is 0.816 bits per heavy atom. The second kappa shape index (κ2) is 30.2. The van der Waals surface area contributed by atoms with E-state index in [4.69, 9.17) is 9.47 Å². The van der Waals surface area contributed by atoms with Crippen molar-refractivity contribution in [2.75, 3.05) is 19.8 Å². The number of nitrogens with zero attached hydrogens (tertiary/aromatic N) is 1. The van der Waals surface area contributed by atoms with E-state index in [0.29, 0.717) is 18.3 Å². The van der Waals surface area contributed by atoms with E-state index >= 15 is 0 Å². The Labute approximate surface area is 235 Å². The molecule has 0 rings (SSSR count). The average molecular weight is 542 g/mol. The second-order valence-corrected chi connectivity index (χ2v) is 11.0. The number of rotatable bonds is 29. The van der Waals surface area contributed by atoms with Crippen molar-refractivity contribution in [1.82, 2.24) is 5.06 Å². The van der Waals surface area contributed by atoms with Crippen LogP contribution in [0.25, 0.3) is 0 Å². The third kappa shape index (κ3) is 27.7. The van der Waals surface area contributed by atoms with Gasteiger partial charge in [-0.05, 0) is 12.8 Å². The predicted molar refractivity (Wildman–Crippen MR) is 158 cm³/mol. The van der Waals surface area contributed by atoms with Gasteiger partial charge in [0.1, 0.15) is 0 Å². The summed E-state index contributed by atoms with van der Waals surface area (Å²) < 4.78 is 10.3. The third-order valence-electron chi connectivity index (χ3n) is 7.22. The van der Waals surface area contributed by atoms with Crippen LogP contribution < -0.4 is 0 Å². The van der Waals surface area contributed by atoms with Crippen LogP contribution in [0, 0.1) is 0 Å². The zero-order valence-electron chi connectivity index (χ0n) is 25.3. The highest BCUT2D eigenvalue weighted by Gasteiger charge is 2.14. The van der Waals surface area contributed by atoms with Crippen LogP contribution in [0.3, 0.4) is 0 Å². The summed E-state index contributed by atoms with van der Waals surface area (Å²) in [4.78, 5) is 23.7. The monoisotopic (exact) mass is 541 g/mol. The summed E-state index contributed by atoms with van der Waals surface area (Å²) in [6.45, 7) is 5.11. The molecule has 38 heavy (non-hydrogen) atoms. The van der Waals surface area contributed by atoms with Gasteiger partial charge in [0, 0.05) is 0 Å². The van der Waals surface area contributed by atoms with Crippen LogP contribution in [0.4, 0.5) is 4.79 Å². The zero-order valence-corrected chi connectivity index (χ0v) is 25.3. The molecule has 1 amide bonds. The van der Waals surface area contributed by atoms with Crippen molar-refractivity contribution in [2.45, 2.75) is 174 Å². The first-order valence-electron chi connectivity index (χ1n) is 16.4. The lowest BCUT2D eigenvalue weighted by molar-refractivity contribution is -0.146. The number of hydrogen-bond donors (Lipinski definition) is 1. The zero-order chi connectivity index (χ0) is 27.9. The van der Waals surface area contributed by atoms with Gasteiger partial charge >= 0.3 is 12.1 Å². The Morgan fingerprint density at radius 3 is 1.18 bits per heavy atom. The number of hydroxylamine groups is 2. The largest absolute Gasteiger partial charge is 0.466 e. The SMILES string of the molecule is CCCCCCCCCCCCCCCCOC(=O)N(O)CCC(=O)OCCCCCCCCCCCC. The molecule has 0 aromatic heterocycles. The first-order chi connectivity index (χ1) is 18.6. The minimum atomic E-state index is -0.790. The Bertz CT molecular complexity index is 514. The summed E-state index contributed by atoms with van der Waals surface area (Å²) in [6.07, 6.45) is 29.4. The maximum atomic E-state index is 11.9. The van der Waals surface area contributed by atoms with E-state index in [1.54, 1.807) is 0 Å². The van der Waals surface area contributed by atoms with E-state index in [1.165, 1.54) is 122 Å². The molecular weight excluding hydrogens is 478 g/mol. The van der Waals surface area contributed by atoms with Crippen molar-refractivity contribution in [3.05, 3.63) is 0 Å². The van der Waals surface area contributed by atoms with Gasteiger partial charge in [0.05, 0.1) is 26.2 Å². The fourth-order valence-electron chi connectivity index (χ4n) is 4.67. The van der Waals surface area contributed by atoms with Gasteiger partial charge in [0.15, 0.2) is 0 Å². The molecule has 6 heteroatoms. The lowest BCUT2D eigenvalue weighted by Crippen LogP contribution is -2.31. The molecule has 0 heterocycles. The number of hydrogen-bond acceptors (Lipinski definition) is 5. The normalized spacial score (nSPS) is 11.0. The van der Waals surface area contributed by atoms with E-state index in [-0.39, 0.29) is 18.9 Å². The number of amides is 1. The Hall–Kier alpha value is -1.30. The van der Waals surface area contributed by atoms with E-state index in [2.05, 4.69) is 13.8 Å². The van der Waals surface area contributed by atoms with Crippen molar-refractivity contribution < 1.29 is 24.3 Å². The van der Waals surface area contributed by atoms with Gasteiger partial charge < -0.3 is 9.47 Å². The highest BCUT2D eigenvalue weighted by molar-refractivity contribution is 5.71. The summed E-state index contributed by atoms with van der Waals surface area (Å²) in [5, 5.41) is 10.3. The van der Waals surface area contributed by atoms with E-state index in [1.807, 2.05) is 0 Å². The lowest BCUT2D eigenvalue weighted by Gasteiger charge is -2.14. The molecule has 0 aliphatic carbocycles. The average Bonchev–Trinajstić information content (AvgIpc) is 2.92. The van der Waals surface area contributed by atoms with Gasteiger partial charge in [0.2, 0.25) is 0 Å². The summed E-state index contributed by atoms with van der Waals surface area (Å²) in [6, 6.07) is 0. The lowest BCUT2D eigenvalue weighted by atomic mass is 10.0. The summed E-state index contributed by atoms with van der Waals surface area (Å²) >= 11 is 0. The van der Waals surface area contributed by atoms with Crippen LogP contribution in [-0.2, 0) is 14.3 Å². The first kappa shape index (κ1) is 36.7. The summed E-state index contributed by atoms with van der Waals surface area (Å²) in [5.41, 5.74) is 0. The van der Waals surface area contributed by atoms with Crippen LogP contribution in [0.2, 0.25) is 0 Å². The second-order valence-electron chi connectivity index (χ2n) is 11.0. The molecule has 0 fully saturated rings. The Morgan fingerprint density at radius 1 is 0.500 bits per heavy atom. The Kier molecular flexibility index (Phi) is 29.2. The molecule has 0 aliphatic rings. The predicted octanol–water partition coefficient (Wildman–Crippen LogP) is 10.1. The summed E-state index contributed by atoms with van der Waals surface area (Å²) in [7, 11) is 0. The number of unbranched alkanes of at least 4 members (excludes halogenated alkanes) is 22. The molecule has 0 aromatic carbocycles. The van der Waals surface area contributed by atoms with Crippen molar-refractivity contribution >= 4 is 12.1 Å². The molecule has 0 atom stereocenters. The van der Waals surface area contributed by atoms with Gasteiger partial charge in [0.25, 0.3) is 0 Å². The maximum Gasteiger partial charge on any atom is 0.433 e. The van der Waals surface area contributed by atoms with E-state index in [0.717, 1.165) is 32.1 Å². The van der Waals surface area contributed by atoms with Crippen molar-refractivity contribution in [1.29, 1.82) is 0 Å². The van der Waals surface area contributed by atoms with Crippen molar-refractivity contribution in [3.8, 4) is 0 Å². The highest BCUT2D eigenvalue weighted by Crippen LogP contribution is 2.13. The molecule has 0 bridgehead atoms. The number of carbonyl (C=O) groups excluding carboxylic acids is 2. The molecule has 0 aliphatic heterocycles. The summed E-state index contributed by atoms with van der Waals surface area (Å²) in [5.74, 6) is -0.389. The number of carbonyl (C=O) groups is 2. The molecule has 0 saturated carbocycles. The smallest absolute Gasteiger partial charge is 0.433 e. The molecule has 0 radical (unpaired) electrons. The van der Waals surface area contributed by atoms with Crippen LogP contribution in [0.5, 0.6) is 0 Å². The maximum absolute atomic E-state index is 11.9. The Balaban J connectivity index is 3.41. The molecule has 226 valence electrons. The molecule has 0 aromatic rings. The number of esters is 1. The molecule has 1 N–H and O–H groups in total. The van der Waals surface area contributed by atoms with Crippen molar-refractivity contribution in [3.63, 3.8) is 0 Å². The molecule has 0 saturated heterocycles. The number of ether oxygens (including phenoxy) is 2. The first-order valence-corrected chi connectivity index (χ1v) is 16.4. The minimum absolute atomic E-state index is 0.0256. The van der Waals surface area contributed by atoms with Gasteiger partial charge in [-0.15, -0.1) is 0 Å². The van der Waals surface area contributed by atoms with E-state index in [9.17, 15) is 14.8 Å². The quantitative estimate of drug-likeness (QED) is 0.0441. The van der Waals surface area contributed by atoms with Gasteiger partial charge in [-0.25, -0.2) is 4.79 Å². The minimum Gasteiger partial charge on any atom is -0.466 e. The van der Waals surface area contributed by atoms with Crippen LogP contribution >= 0.6 is 0 Å². The molecule has 6 nitrogen and oxygen atoms in total. The molecule has 0 spiro atoms. The molecule has 0 unspecified atom stereocenters. The van der Waals surface area contributed by atoms with Crippen molar-refractivity contribution in [2.24, 2.45) is 0 Å². The fourth-order valence-corrected chi connectivity index (χ4v) is 4.67. The molecular formula is C32H63NO5. The topological polar surface area (TPSA) is 76.1 Å². The van der Waals surface area contributed by atoms with Gasteiger partial charge in [-0.1, -0.05) is 155 Å². The van der Waals surface area contributed by atoms with Gasteiger partial charge in [-0.2, -0.15) is 5.06 Å².